The molecule has 0 aromatic carbocycles. The zero-order valence-corrected chi connectivity index (χ0v) is 74.4. The van der Waals surface area contributed by atoms with E-state index in [9.17, 15) is 169 Å². The third-order valence-corrected chi connectivity index (χ3v) is 27.9. The van der Waals surface area contributed by atoms with Crippen LogP contribution in [0.1, 0.15) is 112 Å². The summed E-state index contributed by atoms with van der Waals surface area (Å²) in [4.78, 5) is 0. The van der Waals surface area contributed by atoms with Crippen molar-refractivity contribution in [1.29, 1.82) is 0 Å². The van der Waals surface area contributed by atoms with Crippen molar-refractivity contribution in [2.75, 3.05) is 26.4 Å². The first-order valence-corrected chi connectivity index (χ1v) is 53.3. The lowest BCUT2D eigenvalue weighted by Crippen LogP contribution is -2.69. The number of ether oxygens (including phenoxy) is 8. The van der Waals surface area contributed by atoms with Gasteiger partial charge in [-0.05, 0) is 110 Å². The first-order chi connectivity index (χ1) is 55.9. The molecule has 4 heterocycles. The molecule has 4 aliphatic carbocycles. The third kappa shape index (κ3) is 31.8. The van der Waals surface area contributed by atoms with Gasteiger partial charge in [-0.3, -0.25) is 59.2 Å². The maximum atomic E-state index is 13.2. The van der Waals surface area contributed by atoms with Crippen molar-refractivity contribution in [1.82, 2.24) is 0 Å². The summed E-state index contributed by atoms with van der Waals surface area (Å²) in [5.74, 6) is 1.91. The van der Waals surface area contributed by atoms with E-state index in [-0.39, 0.29) is 36.0 Å². The fourth-order valence-corrected chi connectivity index (χ4v) is 23.5. The Hall–Kier alpha value is -2.01. The average Bonchev–Trinajstić information content (AvgIpc) is 1.47. The van der Waals surface area contributed by atoms with Crippen LogP contribution < -0.4 is 0 Å². The fraction of sp³-hybridized carbons (Fsp3) is 1.00. The van der Waals surface area contributed by atoms with Crippen molar-refractivity contribution < 1.29 is 261 Å². The molecule has 8 aliphatic rings. The number of fused-ring (bicyclic) bond motifs is 5. The van der Waals surface area contributed by atoms with Crippen molar-refractivity contribution >= 4 is 135 Å². The Bertz CT molecular complexity index is 5310. The van der Waals surface area contributed by atoms with Gasteiger partial charge in [0.15, 0.2) is 49.6 Å². The molecular weight excluding hydrogens is 1990 g/mol. The van der Waals surface area contributed by atoms with Gasteiger partial charge in [0.05, 0.1) is 32.5 Å². The van der Waals surface area contributed by atoms with Crippen LogP contribution in [0.2, 0.25) is 0 Å². The minimum Gasteiger partial charge on any atom is -0.347 e. The Labute approximate surface area is 710 Å². The smallest absolute Gasteiger partial charge is 0.347 e. The lowest BCUT2D eigenvalue weighted by atomic mass is 9.44. The summed E-state index contributed by atoms with van der Waals surface area (Å²) in [7, 11) is -83.6. The Morgan fingerprint density at radius 3 is 0.879 bits per heavy atom. The maximum Gasteiger partial charge on any atom is 0.397 e. The molecule has 0 aromatic rings. The van der Waals surface area contributed by atoms with Gasteiger partial charge < -0.3 is 37.9 Å². The molecule has 0 bridgehead atoms. The van der Waals surface area contributed by atoms with Crippen LogP contribution in [-0.2, 0) is 227 Å². The second-order valence-electron chi connectivity index (χ2n) is 30.4. The van der Waals surface area contributed by atoms with Crippen molar-refractivity contribution in [2.45, 2.75) is 241 Å². The van der Waals surface area contributed by atoms with E-state index in [1.165, 1.54) is 0 Å². The van der Waals surface area contributed by atoms with Crippen LogP contribution in [-0.4, -0.2) is 324 Å². The highest BCUT2D eigenvalue weighted by atomic mass is 32.3. The van der Waals surface area contributed by atoms with Crippen LogP contribution in [0.15, 0.2) is 0 Å². The molecule has 0 radical (unpaired) electrons. The zero-order chi connectivity index (χ0) is 93.8. The number of hydrogen-bond acceptors (Lipinski definition) is 47. The zero-order valence-electron chi connectivity index (χ0n) is 63.8. The molecule has 730 valence electrons. The highest BCUT2D eigenvalue weighted by Crippen LogP contribution is 2.69. The van der Waals surface area contributed by atoms with Gasteiger partial charge in [-0.15, -0.1) is 0 Å². The summed E-state index contributed by atoms with van der Waals surface area (Å²) in [6, 6.07) is 0. The summed E-state index contributed by atoms with van der Waals surface area (Å²) in [6.45, 7) is 2.20. The maximum absolute atomic E-state index is 13.2. The van der Waals surface area contributed by atoms with Crippen molar-refractivity contribution in [3.8, 4) is 0 Å². The molecule has 4 saturated carbocycles. The Kier molecular flexibility index (Phi) is 34.5. The fourth-order valence-electron chi connectivity index (χ4n) is 17.8. The Morgan fingerprint density at radius 2 is 0.573 bits per heavy atom. The van der Waals surface area contributed by atoms with E-state index in [1.807, 2.05) is 0 Å². The lowest BCUT2D eigenvalue weighted by molar-refractivity contribution is -0.380. The minimum absolute atomic E-state index is 0.00149. The summed E-state index contributed by atoms with van der Waals surface area (Å²) in [5, 5.41) is 0. The van der Waals surface area contributed by atoms with Gasteiger partial charge in [0, 0.05) is 0 Å². The summed E-state index contributed by atoms with van der Waals surface area (Å²) in [6.07, 6.45) is -63.1. The molecule has 8 fully saturated rings. The number of rotatable bonds is 43. The van der Waals surface area contributed by atoms with Crippen molar-refractivity contribution in [3.63, 3.8) is 0 Å². The molecular formula is C51H88O60S13. The molecule has 4 aliphatic heterocycles. The molecule has 0 amide bonds. The van der Waals surface area contributed by atoms with Crippen LogP contribution in [0.4, 0.5) is 0 Å². The summed E-state index contributed by atoms with van der Waals surface area (Å²) in [5.41, 5.74) is -0.420. The molecule has 8 rings (SSSR count). The Balaban J connectivity index is 1.25. The predicted octanol–water partition coefficient (Wildman–Crippen LogP) is -3.48. The molecule has 1 unspecified atom stereocenters. The Morgan fingerprint density at radius 1 is 0.298 bits per heavy atom. The average molecular weight is 2080 g/mol. The molecule has 0 aromatic heterocycles. The second kappa shape index (κ2) is 39.9. The minimum atomic E-state index is -6.78. The van der Waals surface area contributed by atoms with Crippen LogP contribution >= 0.6 is 0 Å². The van der Waals surface area contributed by atoms with Gasteiger partial charge in [0.1, 0.15) is 73.2 Å². The molecule has 124 heavy (non-hydrogen) atoms. The molecule has 73 heteroatoms. The highest BCUT2D eigenvalue weighted by molar-refractivity contribution is 7.83. The molecule has 29 atom stereocenters. The van der Waals surface area contributed by atoms with E-state index < -0.39 is 296 Å². The van der Waals surface area contributed by atoms with Crippen molar-refractivity contribution in [3.05, 3.63) is 0 Å². The van der Waals surface area contributed by atoms with Crippen LogP contribution in [0.5, 0.6) is 0 Å². The predicted molar refractivity (Wildman–Crippen MR) is 385 cm³/mol. The largest absolute Gasteiger partial charge is 0.397 e. The van der Waals surface area contributed by atoms with E-state index >= 15 is 0 Å². The monoisotopic (exact) mass is 2080 g/mol. The standard InChI is InChI=1S/C51H88O60S13/c1-22(2)7-6-8-23(3)27-11-12-28-26-10-9-24-17-25(13-15-50(24,4)29(26)14-16-51(27,28)5)95-46-42(108-121(79,80)81)38(104-117(67,68)69)34(30(96-46)18-91-112(52,53)54)100-47-43(109-122(82,83)84)39(105-118(70,71)72)35(31(97-47)19-92-113(55,56)57)101-48-44(110-123(85,86)87)40(106-119(73,74)75)36(32(98-48)20-93-114(58,59)60)102-49-45(111-124(88,89)90)41(107-120(76,77)78)37(103-116(64,65)66)33(99-49)21-94-115(61,62)63/h22-49H,6-21H2,1-5H3,(H,52,53,54)(H,55,56,57)(H,58,59,60)(H,61,62,63)(H,64,65,66)(H,67,68,69)(H,70,71,72)(H,73,74,75)(H,76,77,78)(H,79,80,81)(H,82,83,84)(H,85,86,87)(H,88,89,90)/t23-,24?,25+,26+,27-,28+,29+,30-,31-,32-,33-,34-,35-,36-,37-,38+,39+,40+,41+,42-,43-,44-,45-,46-,47-,48-,49-,50+,51-/m1/s1. The lowest BCUT2D eigenvalue weighted by Gasteiger charge is -2.61. The summed E-state index contributed by atoms with van der Waals surface area (Å²) < 4.78 is 562. The van der Waals surface area contributed by atoms with Gasteiger partial charge in [0.25, 0.3) is 0 Å². The van der Waals surface area contributed by atoms with E-state index in [4.69, 9.17) is 46.3 Å². The van der Waals surface area contributed by atoms with E-state index in [1.54, 1.807) is 0 Å². The van der Waals surface area contributed by atoms with Crippen molar-refractivity contribution in [2.24, 2.45) is 52.3 Å². The van der Waals surface area contributed by atoms with E-state index in [0.29, 0.717) is 42.9 Å². The normalized spacial score (nSPS) is 37.1. The highest BCUT2D eigenvalue weighted by Gasteiger charge is 2.66. The van der Waals surface area contributed by atoms with Gasteiger partial charge in [-0.1, -0.05) is 53.9 Å². The van der Waals surface area contributed by atoms with Gasteiger partial charge in [-0.25, -0.2) is 54.4 Å². The SMILES string of the molecule is CC(C)CCC[C@@H](C)[C@H]1CC[C@H]2[C@@H]3CCC4C[C@@H](O[C@@H]5O[C@H](COS(=O)(=O)O)[C@@H](O[C@H]6O[C@H](COS(=O)(=O)O)[C@@H](O[C@H]7O[C@H](COS(=O)(=O)O)[C@@H](O[C@H]8O[C@H](COS(=O)(=O)O)[C@@H](OS(=O)(=O)O)[C@H](OS(=O)(=O)O)[C@H]8OS(=O)(=O)O)[C@H](OS(=O)(=O)O)[C@H]7OS(=O)(=O)O)[C@H](OS(=O)(=O)O)[C@H]6OS(=O)(=O)O)[C@H](OS(=O)(=O)O)[C@H]5OS(=O)(=O)O)CC[C@]4(C)[C@H]3CC[C@]12C. The molecule has 0 spiro atoms. The topological polar surface area (TPSA) is 901 Å². The molecule has 60 nitrogen and oxygen atoms in total. The number of hydrogen-bond donors (Lipinski definition) is 13. The second-order valence-corrected chi connectivity index (χ2v) is 44.2. The van der Waals surface area contributed by atoms with Crippen LogP contribution in [0, 0.1) is 52.3 Å². The quantitative estimate of drug-likeness (QED) is 0.0208. The first kappa shape index (κ1) is 107. The summed E-state index contributed by atoms with van der Waals surface area (Å²) >= 11 is 0. The first-order valence-electron chi connectivity index (χ1n) is 35.6. The van der Waals surface area contributed by atoms with Crippen LogP contribution in [0.25, 0.3) is 0 Å². The molecule has 13 N–H and O–H groups in total. The van der Waals surface area contributed by atoms with Gasteiger partial charge in [-0.2, -0.15) is 109 Å². The van der Waals surface area contributed by atoms with E-state index in [0.717, 1.165) is 44.9 Å². The van der Waals surface area contributed by atoms with E-state index in [2.05, 4.69) is 80.6 Å². The van der Waals surface area contributed by atoms with Gasteiger partial charge in [0.2, 0.25) is 0 Å². The molecule has 4 saturated heterocycles. The third-order valence-electron chi connectivity index (χ3n) is 22.0. The van der Waals surface area contributed by atoms with Gasteiger partial charge >= 0.3 is 135 Å². The van der Waals surface area contributed by atoms with Crippen LogP contribution in [0.3, 0.4) is 0 Å².